The van der Waals surface area contributed by atoms with Crippen LogP contribution in [0.25, 0.3) is 0 Å². The van der Waals surface area contributed by atoms with Gasteiger partial charge in [0.1, 0.15) is 0 Å². The van der Waals surface area contributed by atoms with E-state index in [1.54, 1.807) is 0 Å². The minimum Gasteiger partial charge on any atom is -0.481 e. The zero-order valence-corrected chi connectivity index (χ0v) is 12.1. The van der Waals surface area contributed by atoms with Gasteiger partial charge < -0.3 is 20.2 Å². The molecule has 1 unspecified atom stereocenters. The fourth-order valence-corrected chi connectivity index (χ4v) is 1.78. The van der Waals surface area contributed by atoms with E-state index >= 15 is 0 Å². The number of aliphatic hydroxyl groups is 2. The van der Waals surface area contributed by atoms with Gasteiger partial charge in [-0.1, -0.05) is 6.42 Å². The van der Waals surface area contributed by atoms with E-state index in [9.17, 15) is 9.90 Å². The molecule has 0 bridgehead atoms. The number of likely N-dealkylation sites (N-methyl/N-ethyl adjacent to an activating group) is 1. The summed E-state index contributed by atoms with van der Waals surface area (Å²) in [5.74, 6) is -0.750. The molecule has 0 aromatic rings. The van der Waals surface area contributed by atoms with Crippen molar-refractivity contribution < 1.29 is 20.1 Å². The number of aliphatic hydroxyl groups excluding tert-OH is 2. The van der Waals surface area contributed by atoms with Gasteiger partial charge in [-0.25, -0.2) is 0 Å². The van der Waals surface area contributed by atoms with E-state index in [0.717, 1.165) is 32.5 Å². The molecule has 0 fully saturated rings. The van der Waals surface area contributed by atoms with Crippen LogP contribution in [0.5, 0.6) is 0 Å². The molecule has 1 atom stereocenters. The second kappa shape index (κ2) is 11.2. The Hall–Kier alpha value is -0.690. The number of unbranched alkanes of at least 4 members (excludes halogenated alkanes) is 2. The maximum Gasteiger partial charge on any atom is 0.303 e. The quantitative estimate of drug-likeness (QED) is 0.430. The van der Waals surface area contributed by atoms with E-state index in [1.165, 1.54) is 0 Å². The molecule has 0 aliphatic heterocycles. The Morgan fingerprint density at radius 1 is 1.11 bits per heavy atom. The molecule has 0 saturated carbocycles. The minimum atomic E-state index is -0.750. The number of hydrogen-bond acceptors (Lipinski definition) is 5. The Morgan fingerprint density at radius 3 is 2.32 bits per heavy atom. The summed E-state index contributed by atoms with van der Waals surface area (Å²) in [7, 11) is 3.99. The molecule has 0 spiro atoms. The van der Waals surface area contributed by atoms with Gasteiger partial charge in [0.05, 0.1) is 12.7 Å². The number of nitrogens with zero attached hydrogens (tertiary/aromatic N) is 2. The van der Waals surface area contributed by atoms with E-state index in [4.69, 9.17) is 10.2 Å². The van der Waals surface area contributed by atoms with E-state index in [-0.39, 0.29) is 13.0 Å². The average Bonchev–Trinajstić information content (AvgIpc) is 2.34. The molecule has 0 rings (SSSR count). The van der Waals surface area contributed by atoms with Crippen molar-refractivity contribution in [2.24, 2.45) is 0 Å². The molecule has 0 aliphatic carbocycles. The molecular formula is C13H28N2O4. The zero-order chi connectivity index (χ0) is 14.7. The molecule has 0 heterocycles. The molecule has 0 saturated heterocycles. The van der Waals surface area contributed by atoms with Crippen LogP contribution in [0, 0.1) is 0 Å². The topological polar surface area (TPSA) is 84.2 Å². The Morgan fingerprint density at radius 2 is 1.79 bits per heavy atom. The van der Waals surface area contributed by atoms with Gasteiger partial charge >= 0.3 is 5.97 Å². The van der Waals surface area contributed by atoms with Crippen molar-refractivity contribution in [3.8, 4) is 0 Å². The van der Waals surface area contributed by atoms with E-state index in [0.29, 0.717) is 13.0 Å². The lowest BCUT2D eigenvalue weighted by Crippen LogP contribution is -2.39. The van der Waals surface area contributed by atoms with Crippen LogP contribution in [0.15, 0.2) is 0 Å². The summed E-state index contributed by atoms with van der Waals surface area (Å²) in [4.78, 5) is 14.6. The Labute approximate surface area is 115 Å². The van der Waals surface area contributed by atoms with Crippen molar-refractivity contribution in [1.29, 1.82) is 0 Å². The van der Waals surface area contributed by atoms with Crippen molar-refractivity contribution in [1.82, 2.24) is 9.80 Å². The van der Waals surface area contributed by atoms with Crippen LogP contribution in [0.1, 0.15) is 25.7 Å². The fraction of sp³-hybridized carbons (Fsp3) is 0.923. The lowest BCUT2D eigenvalue weighted by atomic mass is 10.2. The van der Waals surface area contributed by atoms with Crippen molar-refractivity contribution in [3.63, 3.8) is 0 Å². The third-order valence-corrected chi connectivity index (χ3v) is 2.91. The van der Waals surface area contributed by atoms with Gasteiger partial charge in [0.2, 0.25) is 0 Å². The van der Waals surface area contributed by atoms with Crippen LogP contribution in [-0.2, 0) is 4.79 Å². The first-order valence-electron chi connectivity index (χ1n) is 6.83. The van der Waals surface area contributed by atoms with Crippen LogP contribution in [0.2, 0.25) is 0 Å². The van der Waals surface area contributed by atoms with Crippen molar-refractivity contribution >= 4 is 5.97 Å². The molecule has 0 aromatic carbocycles. The zero-order valence-electron chi connectivity index (χ0n) is 12.1. The van der Waals surface area contributed by atoms with Gasteiger partial charge in [0.25, 0.3) is 0 Å². The maximum atomic E-state index is 10.4. The van der Waals surface area contributed by atoms with Gasteiger partial charge in [-0.15, -0.1) is 0 Å². The number of carboxylic acid groups (broad SMARTS) is 1. The summed E-state index contributed by atoms with van der Waals surface area (Å²) in [5, 5.41) is 26.9. The number of hydrogen-bond donors (Lipinski definition) is 3. The molecule has 0 aliphatic rings. The van der Waals surface area contributed by atoms with Gasteiger partial charge in [0, 0.05) is 26.1 Å². The molecule has 0 aromatic heterocycles. The molecular weight excluding hydrogens is 248 g/mol. The fourth-order valence-electron chi connectivity index (χ4n) is 1.78. The lowest BCUT2D eigenvalue weighted by Gasteiger charge is -2.25. The molecule has 3 N–H and O–H groups in total. The van der Waals surface area contributed by atoms with Gasteiger partial charge in [-0.2, -0.15) is 0 Å². The van der Waals surface area contributed by atoms with Gasteiger partial charge in [-0.05, 0) is 33.5 Å². The summed E-state index contributed by atoms with van der Waals surface area (Å²) in [6.45, 7) is 2.79. The predicted molar refractivity (Wildman–Crippen MR) is 74.2 cm³/mol. The van der Waals surface area contributed by atoms with Crippen LogP contribution in [0.3, 0.4) is 0 Å². The highest BCUT2D eigenvalue weighted by Crippen LogP contribution is 2.03. The first-order valence-corrected chi connectivity index (χ1v) is 6.83. The SMILES string of the molecule is CN(C)CCN(CCCCCC(=O)O)CC(O)CO. The number of aliphatic carboxylic acids is 1. The van der Waals surface area contributed by atoms with Crippen molar-refractivity contribution in [3.05, 3.63) is 0 Å². The average molecular weight is 276 g/mol. The Balaban J connectivity index is 3.86. The smallest absolute Gasteiger partial charge is 0.303 e. The van der Waals surface area contributed by atoms with Crippen LogP contribution < -0.4 is 0 Å². The van der Waals surface area contributed by atoms with Crippen LogP contribution in [0.4, 0.5) is 0 Å². The largest absolute Gasteiger partial charge is 0.481 e. The van der Waals surface area contributed by atoms with Crippen LogP contribution in [-0.4, -0.2) is 84.1 Å². The molecule has 0 radical (unpaired) electrons. The Bertz CT molecular complexity index is 237. The highest BCUT2D eigenvalue weighted by atomic mass is 16.4. The summed E-state index contributed by atoms with van der Waals surface area (Å²) < 4.78 is 0. The monoisotopic (exact) mass is 276 g/mol. The summed E-state index contributed by atoms with van der Waals surface area (Å²) in [5.41, 5.74) is 0. The van der Waals surface area contributed by atoms with Gasteiger partial charge in [0.15, 0.2) is 0 Å². The van der Waals surface area contributed by atoms with E-state index in [2.05, 4.69) is 9.80 Å². The second-order valence-electron chi connectivity index (χ2n) is 5.14. The second-order valence-corrected chi connectivity index (χ2v) is 5.14. The lowest BCUT2D eigenvalue weighted by molar-refractivity contribution is -0.137. The molecule has 6 heteroatoms. The summed E-state index contributed by atoms with van der Waals surface area (Å²) in [6.07, 6.45) is 2.00. The number of carbonyl (C=O) groups is 1. The summed E-state index contributed by atoms with van der Waals surface area (Å²) >= 11 is 0. The van der Waals surface area contributed by atoms with E-state index in [1.807, 2.05) is 14.1 Å². The first-order chi connectivity index (χ1) is 8.95. The standard InChI is InChI=1S/C13H28N2O4/c1-14(2)8-9-15(10-12(17)11-16)7-5-3-4-6-13(18)19/h12,16-17H,3-11H2,1-2H3,(H,18,19). The molecule has 0 amide bonds. The first kappa shape index (κ1) is 18.3. The molecule has 114 valence electrons. The molecule has 6 nitrogen and oxygen atoms in total. The van der Waals surface area contributed by atoms with Gasteiger partial charge in [-0.3, -0.25) is 9.69 Å². The summed E-state index contributed by atoms with van der Waals surface area (Å²) in [6, 6.07) is 0. The third-order valence-electron chi connectivity index (χ3n) is 2.91. The highest BCUT2D eigenvalue weighted by Gasteiger charge is 2.11. The van der Waals surface area contributed by atoms with E-state index < -0.39 is 12.1 Å². The Kier molecular flexibility index (Phi) is 10.8. The predicted octanol–water partition coefficient (Wildman–Crippen LogP) is -0.152. The normalized spacial score (nSPS) is 13.2. The number of carboxylic acids is 1. The van der Waals surface area contributed by atoms with Crippen molar-refractivity contribution in [2.75, 3.05) is 46.9 Å². The van der Waals surface area contributed by atoms with Crippen LogP contribution >= 0.6 is 0 Å². The van der Waals surface area contributed by atoms with Crippen molar-refractivity contribution in [2.45, 2.75) is 31.8 Å². The minimum absolute atomic E-state index is 0.219. The third kappa shape index (κ3) is 12.1. The highest BCUT2D eigenvalue weighted by molar-refractivity contribution is 5.66. The number of rotatable bonds is 12. The molecule has 19 heavy (non-hydrogen) atoms. The maximum absolute atomic E-state index is 10.4.